The van der Waals surface area contributed by atoms with Gasteiger partial charge in [-0.05, 0) is 106 Å². The van der Waals surface area contributed by atoms with E-state index in [1.54, 1.807) is 0 Å². The molecule has 1 aromatic heterocycles. The zero-order valence-corrected chi connectivity index (χ0v) is 29.8. The van der Waals surface area contributed by atoms with Gasteiger partial charge in [0.25, 0.3) is 0 Å². The number of nitrogens with zero attached hydrogens (tertiary/aromatic N) is 2. The molecule has 3 nitrogen and oxygen atoms in total. The van der Waals surface area contributed by atoms with Gasteiger partial charge in [-0.1, -0.05) is 145 Å². The summed E-state index contributed by atoms with van der Waals surface area (Å²) < 4.78 is 0. The second-order valence-corrected chi connectivity index (χ2v) is 13.8. The van der Waals surface area contributed by atoms with Crippen molar-refractivity contribution in [3.63, 3.8) is 0 Å². The molecule has 0 radical (unpaired) electrons. The minimum absolute atomic E-state index is 0.717. The molecule has 0 atom stereocenters. The van der Waals surface area contributed by atoms with Crippen LogP contribution < -0.4 is 5.73 Å². The highest BCUT2D eigenvalue weighted by Crippen LogP contribution is 2.49. The second kappa shape index (κ2) is 13.9. The fourth-order valence-electron chi connectivity index (χ4n) is 7.97. The first-order valence-corrected chi connectivity index (χ1v) is 18.4. The van der Waals surface area contributed by atoms with E-state index in [9.17, 15) is 0 Å². The van der Waals surface area contributed by atoms with Gasteiger partial charge in [-0.2, -0.15) is 0 Å². The average molecular weight is 682 g/mol. The maximum Gasteiger partial charge on any atom is 0.160 e. The number of aromatic nitrogens is 2. The smallest absolute Gasteiger partial charge is 0.160 e. The molecule has 0 fully saturated rings. The zero-order valence-electron chi connectivity index (χ0n) is 29.8. The number of hydrogen-bond donors (Lipinski definition) is 1. The summed E-state index contributed by atoms with van der Waals surface area (Å²) in [6.07, 6.45) is 11.6. The van der Waals surface area contributed by atoms with Crippen molar-refractivity contribution in [1.29, 1.82) is 0 Å². The molecular formula is C50H39N3. The molecule has 0 saturated heterocycles. The van der Waals surface area contributed by atoms with Gasteiger partial charge in [0.2, 0.25) is 0 Å². The Hall–Kier alpha value is -6.58. The summed E-state index contributed by atoms with van der Waals surface area (Å²) in [4.78, 5) is 10.1. The first-order valence-electron chi connectivity index (χ1n) is 18.4. The van der Waals surface area contributed by atoms with E-state index in [-0.39, 0.29) is 0 Å². The molecule has 0 saturated carbocycles. The van der Waals surface area contributed by atoms with Crippen LogP contribution in [0.2, 0.25) is 0 Å². The molecule has 7 aromatic rings. The fraction of sp³-hybridized carbons (Fsp3) is 0.0800. The zero-order chi connectivity index (χ0) is 35.7. The van der Waals surface area contributed by atoms with Crippen LogP contribution >= 0.6 is 0 Å². The van der Waals surface area contributed by atoms with Gasteiger partial charge in [0.1, 0.15) is 0 Å². The minimum Gasteiger partial charge on any atom is -0.398 e. The van der Waals surface area contributed by atoms with Gasteiger partial charge in [-0.15, -0.1) is 0 Å². The van der Waals surface area contributed by atoms with E-state index in [4.69, 9.17) is 15.7 Å². The lowest BCUT2D eigenvalue weighted by atomic mass is 9.84. The molecule has 0 bridgehead atoms. The van der Waals surface area contributed by atoms with Crippen molar-refractivity contribution in [2.45, 2.75) is 26.2 Å². The predicted octanol–water partition coefficient (Wildman–Crippen LogP) is 12.4. The van der Waals surface area contributed by atoms with Crippen LogP contribution in [0.15, 0.2) is 175 Å². The SMILES string of the molecule is C/C=C\C=C(/N)c1cc2c(c3ccccc13)CC1=C2C(c2cccc(-c3cccc(-c4cc(-c5ccccc5)nc(-c5ccccc5)n4)c3)c2)=CCC1. The minimum atomic E-state index is 0.717. The molecule has 9 rings (SSSR count). The monoisotopic (exact) mass is 681 g/mol. The molecule has 1 heterocycles. The van der Waals surface area contributed by atoms with E-state index in [1.807, 2.05) is 49.4 Å². The van der Waals surface area contributed by atoms with Crippen LogP contribution in [0.5, 0.6) is 0 Å². The molecule has 2 aliphatic carbocycles. The van der Waals surface area contributed by atoms with Crippen molar-refractivity contribution in [1.82, 2.24) is 9.97 Å². The van der Waals surface area contributed by atoms with Gasteiger partial charge >= 0.3 is 0 Å². The van der Waals surface area contributed by atoms with Gasteiger partial charge in [0.15, 0.2) is 5.82 Å². The third-order valence-corrected chi connectivity index (χ3v) is 10.5. The lowest BCUT2D eigenvalue weighted by molar-refractivity contribution is 0.940. The Morgan fingerprint density at radius 2 is 1.21 bits per heavy atom. The number of benzene rings is 6. The summed E-state index contributed by atoms with van der Waals surface area (Å²) in [6.45, 7) is 2.02. The number of nitrogens with two attached hydrogens (primary N) is 1. The van der Waals surface area contributed by atoms with Gasteiger partial charge in [0, 0.05) is 28.0 Å². The second-order valence-electron chi connectivity index (χ2n) is 13.8. The van der Waals surface area contributed by atoms with Crippen LogP contribution in [0.1, 0.15) is 42.0 Å². The lowest BCUT2D eigenvalue weighted by Gasteiger charge is -2.20. The van der Waals surface area contributed by atoms with Gasteiger partial charge in [-0.3, -0.25) is 0 Å². The van der Waals surface area contributed by atoms with Gasteiger partial charge in [-0.25, -0.2) is 9.97 Å². The van der Waals surface area contributed by atoms with Gasteiger partial charge in [0.05, 0.1) is 11.4 Å². The molecule has 0 unspecified atom stereocenters. The molecule has 0 aliphatic heterocycles. The first kappa shape index (κ1) is 32.3. The Balaban J connectivity index is 1.11. The van der Waals surface area contributed by atoms with E-state index in [0.717, 1.165) is 70.0 Å². The van der Waals surface area contributed by atoms with E-state index in [0.29, 0.717) is 0 Å². The van der Waals surface area contributed by atoms with Crippen LogP contribution in [0.4, 0.5) is 0 Å². The third kappa shape index (κ3) is 6.11. The molecule has 6 aromatic carbocycles. The molecule has 3 heteroatoms. The molecule has 0 amide bonds. The standard InChI is InChI=1S/C50H39N3/c1-2-3-27-46(51)44-31-45-43(41-24-10-11-25-42(41)44)30-39-23-14-26-40(49(39)45)37-21-12-19-35(28-37)36-20-13-22-38(29-36)48-32-47(33-15-6-4-7-16-33)52-50(53-48)34-17-8-5-9-18-34/h2-13,15-22,24-29,31-32H,14,23,30,51H2,1H3/b3-2-,46-27-. The summed E-state index contributed by atoms with van der Waals surface area (Å²) in [5.41, 5.74) is 24.1. The molecule has 2 N–H and O–H groups in total. The molecular weight excluding hydrogens is 643 g/mol. The largest absolute Gasteiger partial charge is 0.398 e. The number of fused-ring (bicyclic) bond motifs is 4. The van der Waals surface area contributed by atoms with Crippen molar-refractivity contribution in [2.75, 3.05) is 0 Å². The maximum atomic E-state index is 6.74. The van der Waals surface area contributed by atoms with Crippen LogP contribution in [0, 0.1) is 0 Å². The summed E-state index contributed by atoms with van der Waals surface area (Å²) >= 11 is 0. The van der Waals surface area contributed by atoms with Crippen LogP contribution in [0.3, 0.4) is 0 Å². The first-order chi connectivity index (χ1) is 26.1. The Bertz CT molecular complexity index is 2580. The average Bonchev–Trinajstić information content (AvgIpc) is 3.62. The summed E-state index contributed by atoms with van der Waals surface area (Å²) in [6, 6.07) is 51.5. The Labute approximate surface area is 311 Å². The number of allylic oxidation sites excluding steroid dienone is 7. The number of rotatable bonds is 7. The highest BCUT2D eigenvalue weighted by molar-refractivity contribution is 6.13. The maximum absolute atomic E-state index is 6.74. The van der Waals surface area contributed by atoms with Crippen molar-refractivity contribution in [3.8, 4) is 45.0 Å². The van der Waals surface area contributed by atoms with Crippen LogP contribution in [-0.2, 0) is 6.42 Å². The van der Waals surface area contributed by atoms with Gasteiger partial charge < -0.3 is 5.73 Å². The van der Waals surface area contributed by atoms with Crippen molar-refractivity contribution in [3.05, 3.63) is 198 Å². The van der Waals surface area contributed by atoms with Crippen LogP contribution in [-0.4, -0.2) is 9.97 Å². The molecule has 2 aliphatic rings. The Morgan fingerprint density at radius 3 is 1.94 bits per heavy atom. The van der Waals surface area contributed by atoms with E-state index in [2.05, 4.69) is 127 Å². The molecule has 0 spiro atoms. The van der Waals surface area contributed by atoms with Crippen molar-refractivity contribution >= 4 is 27.6 Å². The summed E-state index contributed by atoms with van der Waals surface area (Å²) in [5.74, 6) is 0.717. The molecule has 254 valence electrons. The van der Waals surface area contributed by atoms with Crippen molar-refractivity contribution < 1.29 is 0 Å². The highest BCUT2D eigenvalue weighted by Gasteiger charge is 2.29. The van der Waals surface area contributed by atoms with E-state index in [1.165, 1.54) is 49.7 Å². The highest BCUT2D eigenvalue weighted by atomic mass is 14.9. The number of hydrogen-bond acceptors (Lipinski definition) is 3. The summed E-state index contributed by atoms with van der Waals surface area (Å²) in [5, 5.41) is 2.51. The van der Waals surface area contributed by atoms with E-state index < -0.39 is 0 Å². The normalized spacial score (nSPS) is 14.1. The Morgan fingerprint density at radius 1 is 0.604 bits per heavy atom. The van der Waals surface area contributed by atoms with E-state index >= 15 is 0 Å². The Kier molecular flexibility index (Phi) is 8.45. The molecule has 53 heavy (non-hydrogen) atoms. The fourth-order valence-corrected chi connectivity index (χ4v) is 7.97. The third-order valence-electron chi connectivity index (χ3n) is 10.5. The quantitative estimate of drug-likeness (QED) is 0.170. The van der Waals surface area contributed by atoms with Crippen molar-refractivity contribution in [2.24, 2.45) is 5.73 Å². The summed E-state index contributed by atoms with van der Waals surface area (Å²) in [7, 11) is 0. The topological polar surface area (TPSA) is 51.8 Å². The van der Waals surface area contributed by atoms with Crippen LogP contribution in [0.25, 0.3) is 72.6 Å². The predicted molar refractivity (Wildman–Crippen MR) is 223 cm³/mol. The lowest BCUT2D eigenvalue weighted by Crippen LogP contribution is -2.01.